The third-order valence-electron chi connectivity index (χ3n) is 5.92. The second-order valence-corrected chi connectivity index (χ2v) is 9.24. The summed E-state index contributed by atoms with van der Waals surface area (Å²) in [5.74, 6) is -0.299. The molecule has 1 aliphatic heterocycles. The molecule has 0 radical (unpaired) electrons. The molecule has 0 bridgehead atoms. The van der Waals surface area contributed by atoms with E-state index >= 15 is 0 Å². The van der Waals surface area contributed by atoms with Crippen LogP contribution in [0.3, 0.4) is 0 Å². The Morgan fingerprint density at radius 2 is 1.71 bits per heavy atom. The Morgan fingerprint density at radius 1 is 0.968 bits per heavy atom. The number of para-hydroxylation sites is 2. The molecule has 2 aliphatic rings. The maximum Gasteiger partial charge on any atom is 0.163 e. The molecule has 5 rings (SSSR count). The van der Waals surface area contributed by atoms with Crippen LogP contribution in [-0.4, -0.2) is 5.78 Å². The zero-order valence-corrected chi connectivity index (χ0v) is 18.8. The van der Waals surface area contributed by atoms with E-state index in [0.29, 0.717) is 29.0 Å². The van der Waals surface area contributed by atoms with Gasteiger partial charge < -0.3 is 10.6 Å². The number of nitrogens with one attached hydrogen (secondary N) is 2. The van der Waals surface area contributed by atoms with Crippen LogP contribution in [0.1, 0.15) is 35.9 Å². The number of anilines is 2. The lowest BCUT2D eigenvalue weighted by molar-refractivity contribution is -0.116. The Morgan fingerprint density at radius 3 is 2.48 bits per heavy atom. The second-order valence-electron chi connectivity index (χ2n) is 7.89. The van der Waals surface area contributed by atoms with Crippen LogP contribution in [0.2, 0.25) is 5.02 Å². The number of Topliss-reactive ketones (excluding diaryl/α,β-unsaturated/α-hetero) is 1. The van der Waals surface area contributed by atoms with Crippen LogP contribution >= 0.6 is 27.5 Å². The molecular weight excluding hydrogens is 479 g/mol. The third-order valence-corrected chi connectivity index (χ3v) is 6.66. The topological polar surface area (TPSA) is 41.1 Å². The molecule has 0 spiro atoms. The highest BCUT2D eigenvalue weighted by Gasteiger charge is 2.37. The van der Waals surface area contributed by atoms with Crippen LogP contribution in [-0.2, 0) is 4.79 Å². The molecule has 156 valence electrons. The summed E-state index contributed by atoms with van der Waals surface area (Å²) in [4.78, 5) is 13.5. The van der Waals surface area contributed by atoms with E-state index in [1.807, 2.05) is 48.5 Å². The lowest BCUT2D eigenvalue weighted by Crippen LogP contribution is -2.27. The Kier molecular flexibility index (Phi) is 5.32. The van der Waals surface area contributed by atoms with Gasteiger partial charge in [-0.3, -0.25) is 4.79 Å². The zero-order valence-electron chi connectivity index (χ0n) is 16.5. The molecule has 2 atom stereocenters. The molecule has 1 aliphatic carbocycles. The average Bonchev–Trinajstić information content (AvgIpc) is 2.92. The molecule has 3 nitrogen and oxygen atoms in total. The van der Waals surface area contributed by atoms with Crippen molar-refractivity contribution in [1.29, 1.82) is 0 Å². The predicted molar refractivity (Wildman–Crippen MR) is 126 cm³/mol. The van der Waals surface area contributed by atoms with Gasteiger partial charge in [-0.05, 0) is 60.4 Å². The van der Waals surface area contributed by atoms with Gasteiger partial charge in [0.25, 0.3) is 0 Å². The Balaban J connectivity index is 1.63. The molecule has 6 heteroatoms. The van der Waals surface area contributed by atoms with E-state index in [0.717, 1.165) is 27.1 Å². The highest BCUT2D eigenvalue weighted by molar-refractivity contribution is 9.10. The number of ketones is 1. The van der Waals surface area contributed by atoms with Crippen molar-refractivity contribution in [3.05, 3.63) is 104 Å². The Labute approximate surface area is 193 Å². The minimum atomic E-state index is -0.581. The van der Waals surface area contributed by atoms with Crippen molar-refractivity contribution in [2.75, 3.05) is 10.6 Å². The first-order valence-corrected chi connectivity index (χ1v) is 11.3. The quantitative estimate of drug-likeness (QED) is 0.393. The molecule has 2 unspecified atom stereocenters. The molecule has 3 aromatic rings. The van der Waals surface area contributed by atoms with Crippen LogP contribution in [0.5, 0.6) is 0 Å². The smallest absolute Gasteiger partial charge is 0.163 e. The third kappa shape index (κ3) is 3.88. The first-order valence-electron chi connectivity index (χ1n) is 10.1. The average molecular weight is 498 g/mol. The fourth-order valence-corrected chi connectivity index (χ4v) is 4.94. The van der Waals surface area contributed by atoms with Gasteiger partial charge in [-0.15, -0.1) is 0 Å². The van der Waals surface area contributed by atoms with E-state index in [1.54, 1.807) is 12.1 Å². The van der Waals surface area contributed by atoms with Crippen molar-refractivity contribution in [3.8, 4) is 0 Å². The molecule has 3 aromatic carbocycles. The van der Waals surface area contributed by atoms with Crippen LogP contribution in [0.15, 0.2) is 82.5 Å². The van der Waals surface area contributed by atoms with Gasteiger partial charge in [0.05, 0.1) is 17.4 Å². The van der Waals surface area contributed by atoms with Gasteiger partial charge in [-0.2, -0.15) is 0 Å². The highest BCUT2D eigenvalue weighted by Crippen LogP contribution is 2.45. The summed E-state index contributed by atoms with van der Waals surface area (Å²) in [6.07, 6.45) is 1.02. The summed E-state index contributed by atoms with van der Waals surface area (Å²) in [7, 11) is 0. The normalized spacial score (nSPS) is 20.3. The van der Waals surface area contributed by atoms with Crippen LogP contribution in [0.25, 0.3) is 0 Å². The minimum absolute atomic E-state index is 0.0124. The predicted octanol–water partition coefficient (Wildman–Crippen LogP) is 7.22. The van der Waals surface area contributed by atoms with Crippen molar-refractivity contribution in [1.82, 2.24) is 0 Å². The number of allylic oxidation sites excluding steroid dienone is 1. The van der Waals surface area contributed by atoms with Crippen molar-refractivity contribution in [2.45, 2.75) is 24.8 Å². The molecule has 31 heavy (non-hydrogen) atoms. The van der Waals surface area contributed by atoms with Crippen molar-refractivity contribution in [2.24, 2.45) is 0 Å². The van der Waals surface area contributed by atoms with E-state index < -0.39 is 6.04 Å². The maximum absolute atomic E-state index is 14.9. The first-order chi connectivity index (χ1) is 15.0. The molecule has 0 saturated carbocycles. The summed E-state index contributed by atoms with van der Waals surface area (Å²) >= 11 is 9.49. The number of halogens is 3. The largest absolute Gasteiger partial charge is 0.372 e. The number of hydrogen-bond donors (Lipinski definition) is 2. The van der Waals surface area contributed by atoms with E-state index in [-0.39, 0.29) is 17.5 Å². The van der Waals surface area contributed by atoms with Gasteiger partial charge in [-0.1, -0.05) is 51.8 Å². The number of hydrogen-bond acceptors (Lipinski definition) is 3. The van der Waals surface area contributed by atoms with Gasteiger partial charge in [0, 0.05) is 32.7 Å². The van der Waals surface area contributed by atoms with Gasteiger partial charge >= 0.3 is 0 Å². The SMILES string of the molecule is O=C1CC(c2ccc(Cl)cc2)CC2=C1C(c1cc(Br)ccc1F)Nc1ccccc1N2. The minimum Gasteiger partial charge on any atom is -0.372 e. The van der Waals surface area contributed by atoms with Crippen molar-refractivity contribution < 1.29 is 9.18 Å². The Bertz CT molecular complexity index is 1210. The highest BCUT2D eigenvalue weighted by atomic mass is 79.9. The monoisotopic (exact) mass is 496 g/mol. The molecule has 1 heterocycles. The number of carbonyl (C=O) groups is 1. The summed E-state index contributed by atoms with van der Waals surface area (Å²) in [5.41, 5.74) is 4.64. The summed E-state index contributed by atoms with van der Waals surface area (Å²) in [5, 5.41) is 7.56. The lowest BCUT2D eigenvalue weighted by Gasteiger charge is -2.30. The zero-order chi connectivity index (χ0) is 21.5. The molecule has 0 fully saturated rings. The van der Waals surface area contributed by atoms with E-state index in [1.165, 1.54) is 6.07 Å². The number of benzene rings is 3. The molecular formula is C25H19BrClFN2O. The van der Waals surface area contributed by atoms with Gasteiger partial charge in [0.15, 0.2) is 5.78 Å². The van der Waals surface area contributed by atoms with E-state index in [2.05, 4.69) is 26.6 Å². The summed E-state index contributed by atoms with van der Waals surface area (Å²) in [6.45, 7) is 0. The fraction of sp³-hybridized carbons (Fsp3) is 0.160. The van der Waals surface area contributed by atoms with Crippen LogP contribution < -0.4 is 10.6 Å². The summed E-state index contributed by atoms with van der Waals surface area (Å²) in [6, 6.07) is 19.6. The van der Waals surface area contributed by atoms with Gasteiger partial charge in [0.1, 0.15) is 5.82 Å². The standard InChI is InChI=1S/C25H19BrClFN2O/c26-16-7-10-19(28)18(13-16)25-24-22(29-20-3-1-2-4-21(20)30-25)11-15(12-23(24)31)14-5-8-17(27)9-6-14/h1-10,13,15,25,29-30H,11-12H2. The molecule has 0 amide bonds. The maximum atomic E-state index is 14.9. The van der Waals surface area contributed by atoms with Gasteiger partial charge in [0.2, 0.25) is 0 Å². The van der Waals surface area contributed by atoms with E-state index in [9.17, 15) is 9.18 Å². The number of carbonyl (C=O) groups excluding carboxylic acids is 1. The van der Waals surface area contributed by atoms with Crippen LogP contribution in [0.4, 0.5) is 15.8 Å². The summed E-state index contributed by atoms with van der Waals surface area (Å²) < 4.78 is 15.7. The van der Waals surface area contributed by atoms with Gasteiger partial charge in [-0.25, -0.2) is 4.39 Å². The lowest BCUT2D eigenvalue weighted by atomic mass is 9.78. The molecule has 0 saturated heterocycles. The first kappa shape index (κ1) is 20.3. The van der Waals surface area contributed by atoms with Crippen molar-refractivity contribution in [3.63, 3.8) is 0 Å². The number of rotatable bonds is 2. The van der Waals surface area contributed by atoms with Crippen LogP contribution in [0, 0.1) is 5.82 Å². The Hall–Kier alpha value is -2.63. The van der Waals surface area contributed by atoms with E-state index in [4.69, 9.17) is 11.6 Å². The molecule has 2 N–H and O–H groups in total. The molecule has 0 aromatic heterocycles. The number of fused-ring (bicyclic) bond motifs is 1. The second kappa shape index (κ2) is 8.13. The fourth-order valence-electron chi connectivity index (χ4n) is 4.43. The van der Waals surface area contributed by atoms with Crippen molar-refractivity contribution >= 4 is 44.7 Å².